The number of carbonyl (C=O) groups is 1. The van der Waals surface area contributed by atoms with E-state index in [4.69, 9.17) is 0 Å². The normalized spacial score (nSPS) is 11.2. The van der Waals surface area contributed by atoms with Gasteiger partial charge in [0.2, 0.25) is 0 Å². The first kappa shape index (κ1) is 20.0. The van der Waals surface area contributed by atoms with E-state index in [1.54, 1.807) is 36.2 Å². The van der Waals surface area contributed by atoms with Crippen molar-refractivity contribution in [1.29, 1.82) is 0 Å². The molecule has 5 nitrogen and oxygen atoms in total. The van der Waals surface area contributed by atoms with Gasteiger partial charge in [-0.25, -0.2) is 8.42 Å². The van der Waals surface area contributed by atoms with Gasteiger partial charge in [-0.05, 0) is 43.7 Å². The molecule has 0 aromatic heterocycles. The van der Waals surface area contributed by atoms with E-state index in [1.807, 2.05) is 19.1 Å². The van der Waals surface area contributed by atoms with Crippen molar-refractivity contribution in [1.82, 2.24) is 4.90 Å². The Hall–Kier alpha value is -2.34. The first-order chi connectivity index (χ1) is 12.3. The zero-order chi connectivity index (χ0) is 19.3. The molecule has 0 unspecified atom stereocenters. The van der Waals surface area contributed by atoms with E-state index in [9.17, 15) is 13.2 Å². The van der Waals surface area contributed by atoms with Crippen LogP contribution in [0.3, 0.4) is 0 Å². The van der Waals surface area contributed by atoms with Crippen molar-refractivity contribution >= 4 is 21.6 Å². The summed E-state index contributed by atoms with van der Waals surface area (Å²) in [6.07, 6.45) is 1.91. The Kier molecular flexibility index (Phi) is 6.42. The molecule has 0 aliphatic heterocycles. The van der Waals surface area contributed by atoms with E-state index in [-0.39, 0.29) is 10.8 Å². The summed E-state index contributed by atoms with van der Waals surface area (Å²) in [7, 11) is -0.491. The Bertz CT molecular complexity index is 861. The molecule has 2 rings (SSSR count). The lowest BCUT2D eigenvalue weighted by molar-refractivity contribution is 0.0793. The van der Waals surface area contributed by atoms with Crippen LogP contribution in [0.5, 0.6) is 0 Å². The largest absolute Gasteiger partial charge is 0.342 e. The molecule has 2 aromatic carbocycles. The Morgan fingerprint density at radius 2 is 1.69 bits per heavy atom. The second-order valence-electron chi connectivity index (χ2n) is 6.42. The van der Waals surface area contributed by atoms with Crippen LogP contribution in [0.4, 0.5) is 5.69 Å². The molecular formula is C20H26N2O3S. The Balaban J connectivity index is 2.30. The van der Waals surface area contributed by atoms with E-state index in [2.05, 4.69) is 6.92 Å². The molecule has 0 saturated carbocycles. The maximum atomic E-state index is 12.9. The van der Waals surface area contributed by atoms with E-state index in [1.165, 1.54) is 23.5 Å². The number of sulfonamides is 1. The second-order valence-corrected chi connectivity index (χ2v) is 8.39. The highest BCUT2D eigenvalue weighted by Crippen LogP contribution is 2.23. The van der Waals surface area contributed by atoms with Crippen LogP contribution in [0.25, 0.3) is 0 Å². The minimum atomic E-state index is -3.74. The SMILES string of the molecule is CCCCN(C)C(=O)c1cccc(S(=O)(=O)N(C)c2ccc(C)cc2)c1. The molecule has 0 heterocycles. The second kappa shape index (κ2) is 8.36. The topological polar surface area (TPSA) is 57.7 Å². The van der Waals surface area contributed by atoms with Crippen molar-refractivity contribution in [2.75, 3.05) is 24.9 Å². The highest BCUT2D eigenvalue weighted by Gasteiger charge is 2.23. The maximum Gasteiger partial charge on any atom is 0.264 e. The number of rotatable bonds is 7. The van der Waals surface area contributed by atoms with Crippen molar-refractivity contribution in [3.63, 3.8) is 0 Å². The summed E-state index contributed by atoms with van der Waals surface area (Å²) in [6, 6.07) is 13.5. The fraction of sp³-hybridized carbons (Fsp3) is 0.350. The molecule has 0 saturated heterocycles. The monoisotopic (exact) mass is 374 g/mol. The van der Waals surface area contributed by atoms with Crippen molar-refractivity contribution in [2.45, 2.75) is 31.6 Å². The number of hydrogen-bond acceptors (Lipinski definition) is 3. The number of aryl methyl sites for hydroxylation is 1. The minimum Gasteiger partial charge on any atom is -0.342 e. The number of carbonyl (C=O) groups excluding carboxylic acids is 1. The third-order valence-electron chi connectivity index (χ3n) is 4.33. The first-order valence-electron chi connectivity index (χ1n) is 8.68. The molecule has 140 valence electrons. The Labute approximate surface area is 156 Å². The number of nitrogens with zero attached hydrogens (tertiary/aromatic N) is 2. The van der Waals surface area contributed by atoms with E-state index in [0.29, 0.717) is 17.8 Å². The molecule has 0 atom stereocenters. The molecule has 6 heteroatoms. The molecule has 0 radical (unpaired) electrons. The average molecular weight is 375 g/mol. The molecule has 0 N–H and O–H groups in total. The van der Waals surface area contributed by atoms with Crippen molar-refractivity contribution in [3.8, 4) is 0 Å². The lowest BCUT2D eigenvalue weighted by Crippen LogP contribution is -2.29. The van der Waals surface area contributed by atoms with Gasteiger partial charge in [0.15, 0.2) is 0 Å². The van der Waals surface area contributed by atoms with Crippen LogP contribution in [0.1, 0.15) is 35.7 Å². The van der Waals surface area contributed by atoms with Crippen LogP contribution in [0.15, 0.2) is 53.4 Å². The molecule has 0 spiro atoms. The van der Waals surface area contributed by atoms with E-state index in [0.717, 1.165) is 18.4 Å². The van der Waals surface area contributed by atoms with Gasteiger partial charge in [0, 0.05) is 26.2 Å². The average Bonchev–Trinajstić information content (AvgIpc) is 2.65. The predicted molar refractivity (Wildman–Crippen MR) is 105 cm³/mol. The van der Waals surface area contributed by atoms with Gasteiger partial charge < -0.3 is 4.90 Å². The molecule has 26 heavy (non-hydrogen) atoms. The fourth-order valence-electron chi connectivity index (χ4n) is 2.56. The first-order valence-corrected chi connectivity index (χ1v) is 10.1. The van der Waals surface area contributed by atoms with Crippen molar-refractivity contribution < 1.29 is 13.2 Å². The van der Waals surface area contributed by atoms with Crippen LogP contribution < -0.4 is 4.31 Å². The highest BCUT2D eigenvalue weighted by molar-refractivity contribution is 7.92. The van der Waals surface area contributed by atoms with Gasteiger partial charge in [-0.1, -0.05) is 37.1 Å². The summed E-state index contributed by atoms with van der Waals surface area (Å²) in [5, 5.41) is 0. The molecule has 0 bridgehead atoms. The zero-order valence-corrected chi connectivity index (χ0v) is 16.6. The number of amides is 1. The van der Waals surface area contributed by atoms with Crippen LogP contribution in [-0.4, -0.2) is 39.9 Å². The van der Waals surface area contributed by atoms with Crippen LogP contribution in [0.2, 0.25) is 0 Å². The van der Waals surface area contributed by atoms with Gasteiger partial charge in [-0.3, -0.25) is 9.10 Å². The number of unbranched alkanes of at least 4 members (excludes halogenated alkanes) is 1. The summed E-state index contributed by atoms with van der Waals surface area (Å²) in [5.74, 6) is -0.173. The van der Waals surface area contributed by atoms with Crippen LogP contribution in [0, 0.1) is 6.92 Å². The van der Waals surface area contributed by atoms with Crippen molar-refractivity contribution in [3.05, 3.63) is 59.7 Å². The van der Waals surface area contributed by atoms with E-state index >= 15 is 0 Å². The minimum absolute atomic E-state index is 0.107. The van der Waals surface area contributed by atoms with Gasteiger partial charge >= 0.3 is 0 Å². The summed E-state index contributed by atoms with van der Waals surface area (Å²) in [6.45, 7) is 4.66. The van der Waals surface area contributed by atoms with Crippen LogP contribution in [-0.2, 0) is 10.0 Å². The Morgan fingerprint density at radius 3 is 2.31 bits per heavy atom. The van der Waals surface area contributed by atoms with Gasteiger partial charge in [0.05, 0.1) is 10.6 Å². The third kappa shape index (κ3) is 4.43. The van der Waals surface area contributed by atoms with Gasteiger partial charge in [0.1, 0.15) is 0 Å². The molecule has 0 fully saturated rings. The molecule has 0 aliphatic rings. The van der Waals surface area contributed by atoms with Gasteiger partial charge in [0.25, 0.3) is 15.9 Å². The predicted octanol–water partition coefficient (Wildman–Crippen LogP) is 3.69. The van der Waals surface area contributed by atoms with Gasteiger partial charge in [-0.15, -0.1) is 0 Å². The lowest BCUT2D eigenvalue weighted by Gasteiger charge is -2.21. The number of hydrogen-bond donors (Lipinski definition) is 0. The standard InChI is InChI=1S/C20H26N2O3S/c1-5-6-14-21(3)20(23)17-8-7-9-19(15-17)26(24,25)22(4)18-12-10-16(2)11-13-18/h7-13,15H,5-6,14H2,1-4H3. The van der Waals surface area contributed by atoms with Gasteiger partial charge in [-0.2, -0.15) is 0 Å². The summed E-state index contributed by atoms with van der Waals surface area (Å²) < 4.78 is 27.1. The molecule has 2 aromatic rings. The lowest BCUT2D eigenvalue weighted by atomic mass is 10.2. The molecule has 1 amide bonds. The quantitative estimate of drug-likeness (QED) is 0.743. The third-order valence-corrected chi connectivity index (χ3v) is 6.11. The summed E-state index contributed by atoms with van der Waals surface area (Å²) >= 11 is 0. The highest BCUT2D eigenvalue weighted by atomic mass is 32.2. The Morgan fingerprint density at radius 1 is 1.04 bits per heavy atom. The molecular weight excluding hydrogens is 348 g/mol. The zero-order valence-electron chi connectivity index (χ0n) is 15.8. The smallest absolute Gasteiger partial charge is 0.264 e. The fourth-order valence-corrected chi connectivity index (χ4v) is 3.80. The molecule has 0 aliphatic carbocycles. The van der Waals surface area contributed by atoms with E-state index < -0.39 is 10.0 Å². The summed E-state index contributed by atoms with van der Waals surface area (Å²) in [4.78, 5) is 14.3. The van der Waals surface area contributed by atoms with Crippen LogP contribution >= 0.6 is 0 Å². The maximum absolute atomic E-state index is 12.9. The summed E-state index contributed by atoms with van der Waals surface area (Å²) in [5.41, 5.74) is 2.01. The number of benzene rings is 2. The number of anilines is 1. The van der Waals surface area contributed by atoms with Crippen molar-refractivity contribution in [2.24, 2.45) is 0 Å².